The normalized spacial score (nSPS) is 10.4. The lowest BCUT2D eigenvalue weighted by atomic mass is 10.3. The number of nitrogens with zero attached hydrogens (tertiary/aromatic N) is 4. The molecule has 0 aliphatic rings. The fourth-order valence-electron chi connectivity index (χ4n) is 1.58. The summed E-state index contributed by atoms with van der Waals surface area (Å²) in [7, 11) is 5.31. The number of carbonyl (C=O) groups excluding carboxylic acids is 1. The highest BCUT2D eigenvalue weighted by molar-refractivity contribution is 5.81. The maximum Gasteiger partial charge on any atom is 0.241 e. The highest BCUT2D eigenvalue weighted by atomic mass is 16.2. The number of hydrogen-bond donors (Lipinski definition) is 1. The summed E-state index contributed by atoms with van der Waals surface area (Å²) in [6.45, 7) is 3.13. The number of nitrogens with two attached hydrogens (primary N) is 1. The summed E-state index contributed by atoms with van der Waals surface area (Å²) in [5, 5.41) is 4.29. The molecule has 17 heavy (non-hydrogen) atoms. The first-order valence-corrected chi connectivity index (χ1v) is 5.70. The van der Waals surface area contributed by atoms with Crippen LogP contribution >= 0.6 is 0 Å². The lowest BCUT2D eigenvalue weighted by Crippen LogP contribution is -2.37. The molecule has 1 rings (SSSR count). The molecule has 0 spiro atoms. The van der Waals surface area contributed by atoms with E-state index in [1.54, 1.807) is 29.9 Å². The number of aryl methyl sites for hydroxylation is 1. The van der Waals surface area contributed by atoms with E-state index in [2.05, 4.69) is 12.0 Å². The lowest BCUT2D eigenvalue weighted by Gasteiger charge is -2.23. The van der Waals surface area contributed by atoms with Crippen LogP contribution in [0.4, 0.5) is 11.5 Å². The van der Waals surface area contributed by atoms with E-state index in [4.69, 9.17) is 5.73 Å². The molecule has 0 fully saturated rings. The zero-order valence-corrected chi connectivity index (χ0v) is 11.0. The molecule has 6 nitrogen and oxygen atoms in total. The van der Waals surface area contributed by atoms with Gasteiger partial charge in [0.25, 0.3) is 0 Å². The molecule has 0 aliphatic heterocycles. The molecule has 0 bridgehead atoms. The summed E-state index contributed by atoms with van der Waals surface area (Å²) in [5.74, 6) is 0.730. The number of likely N-dealkylation sites (N-methyl/N-ethyl adjacent to an activating group) is 1. The SMILES string of the molecule is CCCN(CC(=O)N(C)C)c1nn(C)cc1N. The molecule has 0 unspecified atom stereocenters. The molecule has 1 aromatic heterocycles. The number of amides is 1. The van der Waals surface area contributed by atoms with Crippen LogP contribution in [0, 0.1) is 0 Å². The van der Waals surface area contributed by atoms with Crippen LogP contribution in [-0.4, -0.2) is 47.8 Å². The lowest BCUT2D eigenvalue weighted by molar-refractivity contribution is -0.127. The molecule has 0 atom stereocenters. The first-order chi connectivity index (χ1) is 7.95. The third kappa shape index (κ3) is 3.37. The third-order valence-electron chi connectivity index (χ3n) is 2.45. The third-order valence-corrected chi connectivity index (χ3v) is 2.45. The number of carbonyl (C=O) groups is 1. The summed E-state index contributed by atoms with van der Waals surface area (Å²) in [5.41, 5.74) is 6.48. The summed E-state index contributed by atoms with van der Waals surface area (Å²) in [4.78, 5) is 15.2. The van der Waals surface area contributed by atoms with Gasteiger partial charge in [-0.15, -0.1) is 0 Å². The van der Waals surface area contributed by atoms with Gasteiger partial charge in [-0.2, -0.15) is 5.10 Å². The molecular weight excluding hydrogens is 218 g/mol. The van der Waals surface area contributed by atoms with Crippen molar-refractivity contribution >= 4 is 17.4 Å². The van der Waals surface area contributed by atoms with Gasteiger partial charge in [0.15, 0.2) is 5.82 Å². The Morgan fingerprint density at radius 3 is 2.59 bits per heavy atom. The van der Waals surface area contributed by atoms with Crippen LogP contribution in [0.15, 0.2) is 6.20 Å². The fourth-order valence-corrected chi connectivity index (χ4v) is 1.58. The van der Waals surface area contributed by atoms with Gasteiger partial charge in [0.1, 0.15) is 0 Å². The largest absolute Gasteiger partial charge is 0.394 e. The molecular formula is C11H21N5O. The van der Waals surface area contributed by atoms with Crippen molar-refractivity contribution < 1.29 is 4.79 Å². The Morgan fingerprint density at radius 1 is 1.53 bits per heavy atom. The van der Waals surface area contributed by atoms with Gasteiger partial charge in [-0.1, -0.05) is 6.92 Å². The molecule has 1 aromatic rings. The molecule has 0 radical (unpaired) electrons. The van der Waals surface area contributed by atoms with Gasteiger partial charge in [-0.25, -0.2) is 0 Å². The predicted octanol–water partition coefficient (Wildman–Crippen LogP) is 0.307. The van der Waals surface area contributed by atoms with Gasteiger partial charge in [0, 0.05) is 33.9 Å². The Kier molecular flexibility index (Phi) is 4.37. The number of anilines is 2. The van der Waals surface area contributed by atoms with Crippen LogP contribution in [-0.2, 0) is 11.8 Å². The fraction of sp³-hybridized carbons (Fsp3) is 0.636. The minimum atomic E-state index is 0.0449. The van der Waals surface area contributed by atoms with Crippen molar-refractivity contribution in [2.75, 3.05) is 37.8 Å². The van der Waals surface area contributed by atoms with Crippen molar-refractivity contribution in [1.82, 2.24) is 14.7 Å². The van der Waals surface area contributed by atoms with Gasteiger partial charge < -0.3 is 15.5 Å². The minimum absolute atomic E-state index is 0.0449. The quantitative estimate of drug-likeness (QED) is 0.803. The second-order valence-corrected chi connectivity index (χ2v) is 4.29. The Labute approximate surface area is 102 Å². The second-order valence-electron chi connectivity index (χ2n) is 4.29. The zero-order chi connectivity index (χ0) is 13.0. The van der Waals surface area contributed by atoms with Crippen molar-refractivity contribution in [2.24, 2.45) is 7.05 Å². The molecule has 0 saturated carbocycles. The molecule has 0 saturated heterocycles. The first-order valence-electron chi connectivity index (χ1n) is 5.70. The van der Waals surface area contributed by atoms with Crippen LogP contribution in [0.25, 0.3) is 0 Å². The number of hydrogen-bond acceptors (Lipinski definition) is 4. The zero-order valence-electron chi connectivity index (χ0n) is 11.0. The van der Waals surface area contributed by atoms with Gasteiger partial charge in [0.05, 0.1) is 12.2 Å². The average Bonchev–Trinajstić information content (AvgIpc) is 2.56. The maximum atomic E-state index is 11.7. The molecule has 1 heterocycles. The summed E-state index contributed by atoms with van der Waals surface area (Å²) in [6, 6.07) is 0. The van der Waals surface area contributed by atoms with Crippen LogP contribution in [0.1, 0.15) is 13.3 Å². The smallest absolute Gasteiger partial charge is 0.241 e. The van der Waals surface area contributed by atoms with Crippen LogP contribution < -0.4 is 10.6 Å². The van der Waals surface area contributed by atoms with Crippen molar-refractivity contribution in [2.45, 2.75) is 13.3 Å². The highest BCUT2D eigenvalue weighted by Crippen LogP contribution is 2.20. The van der Waals surface area contributed by atoms with Crippen LogP contribution in [0.3, 0.4) is 0 Å². The van der Waals surface area contributed by atoms with Crippen molar-refractivity contribution in [1.29, 1.82) is 0 Å². The number of rotatable bonds is 5. The Morgan fingerprint density at radius 2 is 2.18 bits per heavy atom. The molecule has 6 heteroatoms. The summed E-state index contributed by atoms with van der Waals surface area (Å²) < 4.78 is 1.66. The minimum Gasteiger partial charge on any atom is -0.394 e. The van der Waals surface area contributed by atoms with E-state index in [1.807, 2.05) is 11.9 Å². The van der Waals surface area contributed by atoms with Gasteiger partial charge >= 0.3 is 0 Å². The number of aromatic nitrogens is 2. The highest BCUT2D eigenvalue weighted by Gasteiger charge is 2.17. The monoisotopic (exact) mass is 239 g/mol. The van der Waals surface area contributed by atoms with E-state index in [0.717, 1.165) is 13.0 Å². The standard InChI is InChI=1S/C11H21N5O/c1-5-6-16(8-10(17)14(2)3)11-9(12)7-15(4)13-11/h7H,5-6,8,12H2,1-4H3. The summed E-state index contributed by atoms with van der Waals surface area (Å²) in [6.07, 6.45) is 2.69. The Hall–Kier alpha value is -1.72. The average molecular weight is 239 g/mol. The van der Waals surface area contributed by atoms with Crippen LogP contribution in [0.2, 0.25) is 0 Å². The van der Waals surface area contributed by atoms with Gasteiger partial charge in [-0.3, -0.25) is 9.48 Å². The molecule has 96 valence electrons. The van der Waals surface area contributed by atoms with Crippen molar-refractivity contribution in [3.8, 4) is 0 Å². The first kappa shape index (κ1) is 13.3. The number of nitrogen functional groups attached to an aromatic ring is 1. The van der Waals surface area contributed by atoms with E-state index in [0.29, 0.717) is 18.1 Å². The molecule has 0 aliphatic carbocycles. The van der Waals surface area contributed by atoms with E-state index in [1.165, 1.54) is 0 Å². The molecule has 2 N–H and O–H groups in total. The van der Waals surface area contributed by atoms with Crippen molar-refractivity contribution in [3.05, 3.63) is 6.20 Å². The second kappa shape index (κ2) is 5.56. The Balaban J connectivity index is 2.85. The topological polar surface area (TPSA) is 67.4 Å². The predicted molar refractivity (Wildman–Crippen MR) is 68.8 cm³/mol. The van der Waals surface area contributed by atoms with Crippen molar-refractivity contribution in [3.63, 3.8) is 0 Å². The van der Waals surface area contributed by atoms with E-state index >= 15 is 0 Å². The van der Waals surface area contributed by atoms with Crippen LogP contribution in [0.5, 0.6) is 0 Å². The maximum absolute atomic E-state index is 11.7. The molecule has 0 aromatic carbocycles. The molecule has 1 amide bonds. The van der Waals surface area contributed by atoms with Gasteiger partial charge in [-0.05, 0) is 6.42 Å². The summed E-state index contributed by atoms with van der Waals surface area (Å²) >= 11 is 0. The van der Waals surface area contributed by atoms with E-state index < -0.39 is 0 Å². The van der Waals surface area contributed by atoms with E-state index in [-0.39, 0.29) is 5.91 Å². The van der Waals surface area contributed by atoms with E-state index in [9.17, 15) is 4.79 Å². The Bertz CT molecular complexity index is 385. The van der Waals surface area contributed by atoms with Gasteiger partial charge in [0.2, 0.25) is 5.91 Å².